The normalized spacial score (nSPS) is 34.0. The average molecular weight is 298 g/mol. The van der Waals surface area contributed by atoms with Crippen LogP contribution in [0.15, 0.2) is 0 Å². The molecule has 2 fully saturated rings. The van der Waals surface area contributed by atoms with Crippen LogP contribution in [0, 0.1) is 11.8 Å². The van der Waals surface area contributed by atoms with Gasteiger partial charge in [0.25, 0.3) is 0 Å². The van der Waals surface area contributed by atoms with Crippen LogP contribution in [0.3, 0.4) is 0 Å². The summed E-state index contributed by atoms with van der Waals surface area (Å²) >= 11 is 0. The van der Waals surface area contributed by atoms with Gasteiger partial charge >= 0.3 is 0 Å². The number of aliphatic hydroxyl groups excluding tert-OH is 2. The van der Waals surface area contributed by atoms with Crippen LogP contribution >= 0.6 is 0 Å². The van der Waals surface area contributed by atoms with Crippen LogP contribution < -0.4 is 0 Å². The van der Waals surface area contributed by atoms with Gasteiger partial charge in [0.1, 0.15) is 0 Å². The summed E-state index contributed by atoms with van der Waals surface area (Å²) < 4.78 is 6.01. The third-order valence-electron chi connectivity index (χ3n) is 5.53. The second-order valence-electron chi connectivity index (χ2n) is 7.11. The van der Waals surface area contributed by atoms with E-state index in [4.69, 9.17) is 9.84 Å². The van der Waals surface area contributed by atoms with Crippen LogP contribution in [0.1, 0.15) is 77.0 Å². The van der Waals surface area contributed by atoms with Crippen molar-refractivity contribution in [3.63, 3.8) is 0 Å². The molecule has 0 aromatic carbocycles. The van der Waals surface area contributed by atoms with E-state index in [0.717, 1.165) is 50.5 Å². The molecule has 2 N–H and O–H groups in total. The smallest absolute Gasteiger partial charge is 0.0575 e. The lowest BCUT2D eigenvalue weighted by Crippen LogP contribution is -2.29. The molecule has 0 bridgehead atoms. The Morgan fingerprint density at radius 2 is 1.29 bits per heavy atom. The molecule has 0 heterocycles. The Morgan fingerprint density at radius 3 is 1.90 bits per heavy atom. The maximum atomic E-state index is 9.61. The molecule has 3 nitrogen and oxygen atoms in total. The zero-order chi connectivity index (χ0) is 14.9. The van der Waals surface area contributed by atoms with Gasteiger partial charge in [-0.2, -0.15) is 0 Å². The molecule has 0 saturated heterocycles. The maximum absolute atomic E-state index is 9.61. The highest BCUT2D eigenvalue weighted by molar-refractivity contribution is 4.82. The Balaban J connectivity index is 1.52. The molecule has 3 heteroatoms. The van der Waals surface area contributed by atoms with E-state index >= 15 is 0 Å². The van der Waals surface area contributed by atoms with E-state index in [9.17, 15) is 5.11 Å². The van der Waals surface area contributed by atoms with E-state index in [1.807, 2.05) is 0 Å². The molecule has 0 spiro atoms. The van der Waals surface area contributed by atoms with Crippen LogP contribution in [-0.4, -0.2) is 35.6 Å². The summed E-state index contributed by atoms with van der Waals surface area (Å²) in [4.78, 5) is 0. The first-order valence-electron chi connectivity index (χ1n) is 9.20. The van der Waals surface area contributed by atoms with Crippen LogP contribution in [0.25, 0.3) is 0 Å². The zero-order valence-electron chi connectivity index (χ0n) is 13.5. The van der Waals surface area contributed by atoms with Crippen molar-refractivity contribution in [1.82, 2.24) is 0 Å². The minimum atomic E-state index is -0.0215. The zero-order valence-corrected chi connectivity index (χ0v) is 13.5. The van der Waals surface area contributed by atoms with Gasteiger partial charge in [0, 0.05) is 13.2 Å². The van der Waals surface area contributed by atoms with Gasteiger partial charge in [-0.15, -0.1) is 0 Å². The predicted molar refractivity (Wildman–Crippen MR) is 85.2 cm³/mol. The Labute approximate surface area is 130 Å². The molecule has 2 aliphatic rings. The molecule has 0 amide bonds. The van der Waals surface area contributed by atoms with Crippen LogP contribution in [0.5, 0.6) is 0 Å². The Morgan fingerprint density at radius 1 is 0.714 bits per heavy atom. The Kier molecular flexibility index (Phi) is 8.05. The van der Waals surface area contributed by atoms with Gasteiger partial charge in [-0.1, -0.05) is 12.8 Å². The largest absolute Gasteiger partial charge is 0.396 e. The molecule has 21 heavy (non-hydrogen) atoms. The van der Waals surface area contributed by atoms with Gasteiger partial charge in [-0.05, 0) is 76.0 Å². The van der Waals surface area contributed by atoms with E-state index in [-0.39, 0.29) is 6.10 Å². The highest BCUT2D eigenvalue weighted by Gasteiger charge is 2.30. The van der Waals surface area contributed by atoms with Gasteiger partial charge < -0.3 is 14.9 Å². The van der Waals surface area contributed by atoms with E-state index in [2.05, 4.69) is 0 Å². The monoisotopic (exact) mass is 298 g/mol. The number of unbranched alkanes of at least 4 members (excludes halogenated alkanes) is 3. The number of rotatable bonds is 8. The van der Waals surface area contributed by atoms with Crippen molar-refractivity contribution in [1.29, 1.82) is 0 Å². The van der Waals surface area contributed by atoms with Gasteiger partial charge in [0.15, 0.2) is 0 Å². The van der Waals surface area contributed by atoms with E-state index in [0.29, 0.717) is 12.7 Å². The molecule has 0 atom stereocenters. The molecule has 0 aromatic heterocycles. The van der Waals surface area contributed by atoms with Crippen molar-refractivity contribution < 1.29 is 14.9 Å². The SMILES string of the molecule is OCCCCCCOC1CCC(C2CCC(O)CC2)CC1. The fourth-order valence-corrected chi connectivity index (χ4v) is 4.12. The van der Waals surface area contributed by atoms with Gasteiger partial charge in [0.2, 0.25) is 0 Å². The second-order valence-corrected chi connectivity index (χ2v) is 7.11. The van der Waals surface area contributed by atoms with Crippen molar-refractivity contribution in [3.05, 3.63) is 0 Å². The van der Waals surface area contributed by atoms with E-state index < -0.39 is 0 Å². The first kappa shape index (κ1) is 17.2. The molecule has 2 saturated carbocycles. The van der Waals surface area contributed by atoms with Crippen molar-refractivity contribution in [2.45, 2.75) is 89.3 Å². The predicted octanol–water partition coefficient (Wildman–Crippen LogP) is 3.67. The van der Waals surface area contributed by atoms with Crippen molar-refractivity contribution in [2.24, 2.45) is 11.8 Å². The molecule has 0 aromatic rings. The lowest BCUT2D eigenvalue weighted by Gasteiger charge is -2.36. The van der Waals surface area contributed by atoms with Gasteiger partial charge in [-0.25, -0.2) is 0 Å². The van der Waals surface area contributed by atoms with Crippen molar-refractivity contribution >= 4 is 0 Å². The summed E-state index contributed by atoms with van der Waals surface area (Å²) in [7, 11) is 0. The molecule has 124 valence electrons. The number of hydrogen-bond acceptors (Lipinski definition) is 3. The molecule has 0 radical (unpaired) electrons. The standard InChI is InChI=1S/C18H34O3/c19-13-3-1-2-4-14-21-18-11-7-16(8-12-18)15-5-9-17(20)10-6-15/h15-20H,1-14H2. The molecule has 2 rings (SSSR count). The fraction of sp³-hybridized carbons (Fsp3) is 1.00. The Bertz CT molecular complexity index is 253. The van der Waals surface area contributed by atoms with Gasteiger partial charge in [-0.3, -0.25) is 0 Å². The maximum Gasteiger partial charge on any atom is 0.0575 e. The summed E-state index contributed by atoms with van der Waals surface area (Å²) in [6.07, 6.45) is 14.5. The first-order valence-corrected chi connectivity index (χ1v) is 9.20. The fourth-order valence-electron chi connectivity index (χ4n) is 4.12. The summed E-state index contributed by atoms with van der Waals surface area (Å²) in [6.45, 7) is 1.22. The van der Waals surface area contributed by atoms with Gasteiger partial charge in [0.05, 0.1) is 12.2 Å². The second kappa shape index (κ2) is 9.81. The van der Waals surface area contributed by atoms with Crippen LogP contribution in [0.4, 0.5) is 0 Å². The molecule has 0 aliphatic heterocycles. The molecule has 2 aliphatic carbocycles. The highest BCUT2D eigenvalue weighted by Crippen LogP contribution is 2.38. The van der Waals surface area contributed by atoms with Crippen molar-refractivity contribution in [2.75, 3.05) is 13.2 Å². The van der Waals surface area contributed by atoms with E-state index in [1.165, 1.54) is 44.9 Å². The van der Waals surface area contributed by atoms with Crippen LogP contribution in [0.2, 0.25) is 0 Å². The third kappa shape index (κ3) is 6.25. The lowest BCUT2D eigenvalue weighted by molar-refractivity contribution is 0.00171. The minimum absolute atomic E-state index is 0.0215. The quantitative estimate of drug-likeness (QED) is 0.672. The molecular formula is C18H34O3. The number of ether oxygens (including phenoxy) is 1. The Hall–Kier alpha value is -0.120. The lowest BCUT2D eigenvalue weighted by atomic mass is 9.72. The minimum Gasteiger partial charge on any atom is -0.396 e. The molecule has 0 unspecified atom stereocenters. The summed E-state index contributed by atoms with van der Waals surface area (Å²) in [6, 6.07) is 0. The summed E-state index contributed by atoms with van der Waals surface area (Å²) in [5, 5.41) is 18.3. The third-order valence-corrected chi connectivity index (χ3v) is 5.53. The number of hydrogen-bond donors (Lipinski definition) is 2. The topological polar surface area (TPSA) is 49.7 Å². The summed E-state index contributed by atoms with van der Waals surface area (Å²) in [5.74, 6) is 1.76. The molecular weight excluding hydrogens is 264 g/mol. The van der Waals surface area contributed by atoms with E-state index in [1.54, 1.807) is 0 Å². The average Bonchev–Trinajstić information content (AvgIpc) is 2.52. The number of aliphatic hydroxyl groups is 2. The first-order chi connectivity index (χ1) is 10.3. The van der Waals surface area contributed by atoms with Crippen LogP contribution in [-0.2, 0) is 4.74 Å². The van der Waals surface area contributed by atoms with Crippen molar-refractivity contribution in [3.8, 4) is 0 Å². The highest BCUT2D eigenvalue weighted by atomic mass is 16.5. The summed E-state index contributed by atoms with van der Waals surface area (Å²) in [5.41, 5.74) is 0.